The number of methoxy groups -OCH3 is 1. The summed E-state index contributed by atoms with van der Waals surface area (Å²) < 4.78 is 20.2. The molecule has 5 nitrogen and oxygen atoms in total. The quantitative estimate of drug-likeness (QED) is 0.651. The number of hydrogen-bond acceptors (Lipinski definition) is 3. The van der Waals surface area contributed by atoms with E-state index in [4.69, 9.17) is 16.3 Å². The van der Waals surface area contributed by atoms with Crippen LogP contribution in [0.4, 0.5) is 10.2 Å². The van der Waals surface area contributed by atoms with E-state index < -0.39 is 11.7 Å². The van der Waals surface area contributed by atoms with Crippen molar-refractivity contribution in [3.05, 3.63) is 70.6 Å². The van der Waals surface area contributed by atoms with Gasteiger partial charge in [-0.05, 0) is 42.5 Å². The van der Waals surface area contributed by atoms with Gasteiger partial charge in [-0.2, -0.15) is 5.10 Å². The Balaban J connectivity index is 1.99. The van der Waals surface area contributed by atoms with Crippen LogP contribution in [0.2, 0.25) is 5.02 Å². The molecule has 0 atom stereocenters. The molecule has 3 rings (SSSR count). The lowest BCUT2D eigenvalue weighted by Gasteiger charge is -2.14. The first-order valence-electron chi connectivity index (χ1n) is 8.70. The molecule has 1 aromatic heterocycles. The predicted octanol–water partition coefficient (Wildman–Crippen LogP) is 5.22. The fourth-order valence-corrected chi connectivity index (χ4v) is 2.76. The van der Waals surface area contributed by atoms with Crippen molar-refractivity contribution in [3.8, 4) is 11.4 Å². The summed E-state index contributed by atoms with van der Waals surface area (Å²) >= 11 is 5.80. The number of nitrogens with one attached hydrogen (secondary N) is 1. The van der Waals surface area contributed by atoms with E-state index in [1.807, 2.05) is 51.1 Å². The molecule has 0 fully saturated rings. The Bertz CT molecular complexity index is 1010. The van der Waals surface area contributed by atoms with Crippen molar-refractivity contribution >= 4 is 23.3 Å². The van der Waals surface area contributed by atoms with Crippen molar-refractivity contribution in [1.29, 1.82) is 0 Å². The lowest BCUT2D eigenvalue weighted by atomic mass is 9.92. The molecule has 0 aliphatic carbocycles. The van der Waals surface area contributed by atoms with Crippen molar-refractivity contribution in [3.63, 3.8) is 0 Å². The minimum Gasteiger partial charge on any atom is -0.497 e. The van der Waals surface area contributed by atoms with Gasteiger partial charge in [0, 0.05) is 17.0 Å². The van der Waals surface area contributed by atoms with Gasteiger partial charge >= 0.3 is 0 Å². The monoisotopic (exact) mass is 401 g/mol. The Kier molecular flexibility index (Phi) is 5.42. The summed E-state index contributed by atoms with van der Waals surface area (Å²) in [7, 11) is 1.60. The maximum absolute atomic E-state index is 13.4. The molecule has 1 heterocycles. The minimum absolute atomic E-state index is 0.105. The van der Waals surface area contributed by atoms with Crippen molar-refractivity contribution in [2.75, 3.05) is 12.4 Å². The van der Waals surface area contributed by atoms with Gasteiger partial charge in [0.05, 0.1) is 23.5 Å². The molecule has 0 aliphatic rings. The van der Waals surface area contributed by atoms with Gasteiger partial charge < -0.3 is 10.1 Å². The lowest BCUT2D eigenvalue weighted by molar-refractivity contribution is 0.102. The summed E-state index contributed by atoms with van der Waals surface area (Å²) in [5.74, 6) is 0.243. The van der Waals surface area contributed by atoms with Crippen LogP contribution >= 0.6 is 11.6 Å². The van der Waals surface area contributed by atoms with E-state index in [0.717, 1.165) is 17.1 Å². The summed E-state index contributed by atoms with van der Waals surface area (Å²) in [5, 5.41) is 7.40. The number of rotatable bonds is 4. The average molecular weight is 402 g/mol. The van der Waals surface area contributed by atoms with Crippen molar-refractivity contribution in [2.45, 2.75) is 26.2 Å². The van der Waals surface area contributed by atoms with Crippen molar-refractivity contribution in [2.24, 2.45) is 0 Å². The van der Waals surface area contributed by atoms with Crippen LogP contribution in [0.15, 0.2) is 48.5 Å². The van der Waals surface area contributed by atoms with Crippen LogP contribution in [0.25, 0.3) is 5.69 Å². The second kappa shape index (κ2) is 7.64. The number of benzene rings is 2. The number of hydrogen-bond donors (Lipinski definition) is 1. The van der Waals surface area contributed by atoms with Gasteiger partial charge in [0.2, 0.25) is 0 Å². The zero-order chi connectivity index (χ0) is 20.5. The highest BCUT2D eigenvalue weighted by molar-refractivity contribution is 6.31. The van der Waals surface area contributed by atoms with E-state index in [1.165, 1.54) is 18.2 Å². The minimum atomic E-state index is -0.573. The number of aromatic nitrogens is 2. The van der Waals surface area contributed by atoms with Crippen LogP contribution < -0.4 is 10.1 Å². The maximum Gasteiger partial charge on any atom is 0.256 e. The molecule has 0 saturated carbocycles. The van der Waals surface area contributed by atoms with Gasteiger partial charge in [0.1, 0.15) is 17.4 Å². The molecule has 0 aliphatic heterocycles. The molecular weight excluding hydrogens is 381 g/mol. The molecule has 0 spiro atoms. The highest BCUT2D eigenvalue weighted by Gasteiger charge is 2.22. The summed E-state index contributed by atoms with van der Waals surface area (Å²) in [6.45, 7) is 6.12. The Labute approximate surface area is 168 Å². The standard InChI is InChI=1S/C21H21ClFN3O2/c1-21(2,3)18-12-19(24-20(27)13-5-10-17(23)16(22)11-13)26(25-18)14-6-8-15(28-4)9-7-14/h5-12H,1-4H3,(H,24,27). The zero-order valence-corrected chi connectivity index (χ0v) is 16.8. The topological polar surface area (TPSA) is 56.1 Å². The number of carbonyl (C=O) groups is 1. The van der Waals surface area contributed by atoms with E-state index in [1.54, 1.807) is 11.8 Å². The van der Waals surface area contributed by atoms with Crippen molar-refractivity contribution < 1.29 is 13.9 Å². The number of carbonyl (C=O) groups excluding carboxylic acids is 1. The van der Waals surface area contributed by atoms with E-state index in [9.17, 15) is 9.18 Å². The molecule has 1 N–H and O–H groups in total. The second-order valence-electron chi connectivity index (χ2n) is 7.36. The number of amides is 1. The summed E-state index contributed by atoms with van der Waals surface area (Å²) in [6.07, 6.45) is 0. The third-order valence-corrected chi connectivity index (χ3v) is 4.51. The first-order valence-corrected chi connectivity index (χ1v) is 9.08. The van der Waals surface area contributed by atoms with Gasteiger partial charge in [-0.1, -0.05) is 32.4 Å². The van der Waals surface area contributed by atoms with Gasteiger partial charge in [-0.15, -0.1) is 0 Å². The number of anilines is 1. The normalized spacial score (nSPS) is 11.4. The van der Waals surface area contributed by atoms with Gasteiger partial charge in [-0.25, -0.2) is 9.07 Å². The summed E-state index contributed by atoms with van der Waals surface area (Å²) in [5.41, 5.74) is 1.63. The van der Waals surface area contributed by atoms with E-state index >= 15 is 0 Å². The van der Waals surface area contributed by atoms with Gasteiger partial charge in [-0.3, -0.25) is 4.79 Å². The highest BCUT2D eigenvalue weighted by Crippen LogP contribution is 2.27. The molecule has 146 valence electrons. The third kappa shape index (κ3) is 4.17. The Morgan fingerprint density at radius 1 is 1.14 bits per heavy atom. The van der Waals surface area contributed by atoms with Crippen LogP contribution in [0.1, 0.15) is 36.8 Å². The van der Waals surface area contributed by atoms with E-state index in [2.05, 4.69) is 10.4 Å². The first kappa shape index (κ1) is 19.9. The Morgan fingerprint density at radius 2 is 1.82 bits per heavy atom. The van der Waals surface area contributed by atoms with E-state index in [0.29, 0.717) is 5.82 Å². The van der Waals surface area contributed by atoms with Crippen LogP contribution in [-0.4, -0.2) is 22.8 Å². The van der Waals surface area contributed by atoms with Gasteiger partial charge in [0.15, 0.2) is 0 Å². The first-order chi connectivity index (χ1) is 13.2. The molecule has 0 bridgehead atoms. The molecule has 0 saturated heterocycles. The second-order valence-corrected chi connectivity index (χ2v) is 7.76. The SMILES string of the molecule is COc1ccc(-n2nc(C(C)(C)C)cc2NC(=O)c2ccc(F)c(Cl)c2)cc1. The molecular formula is C21H21ClFN3O2. The number of halogens is 2. The van der Waals surface area contributed by atoms with E-state index in [-0.39, 0.29) is 16.0 Å². The number of nitrogens with zero attached hydrogens (tertiary/aromatic N) is 2. The van der Waals surface area contributed by atoms with Crippen LogP contribution in [0, 0.1) is 5.82 Å². The lowest BCUT2D eigenvalue weighted by Crippen LogP contribution is -2.15. The smallest absolute Gasteiger partial charge is 0.256 e. The molecule has 3 aromatic rings. The largest absolute Gasteiger partial charge is 0.497 e. The average Bonchev–Trinajstić information content (AvgIpc) is 3.08. The number of ether oxygens (including phenoxy) is 1. The summed E-state index contributed by atoms with van der Waals surface area (Å²) in [4.78, 5) is 12.7. The molecule has 1 amide bonds. The van der Waals surface area contributed by atoms with Crippen LogP contribution in [-0.2, 0) is 5.41 Å². The van der Waals surface area contributed by atoms with Gasteiger partial charge in [0.25, 0.3) is 5.91 Å². The molecule has 0 unspecified atom stereocenters. The fourth-order valence-electron chi connectivity index (χ4n) is 2.58. The van der Waals surface area contributed by atoms with Crippen LogP contribution in [0.5, 0.6) is 5.75 Å². The Morgan fingerprint density at radius 3 is 2.39 bits per heavy atom. The molecule has 28 heavy (non-hydrogen) atoms. The molecule has 7 heteroatoms. The van der Waals surface area contributed by atoms with Crippen molar-refractivity contribution in [1.82, 2.24) is 9.78 Å². The zero-order valence-electron chi connectivity index (χ0n) is 16.1. The molecule has 0 radical (unpaired) electrons. The fraction of sp³-hybridized carbons (Fsp3) is 0.238. The third-order valence-electron chi connectivity index (χ3n) is 4.22. The summed E-state index contributed by atoms with van der Waals surface area (Å²) in [6, 6.07) is 13.0. The Hall–Kier alpha value is -2.86. The highest BCUT2D eigenvalue weighted by atomic mass is 35.5. The predicted molar refractivity (Wildman–Crippen MR) is 108 cm³/mol. The van der Waals surface area contributed by atoms with Crippen LogP contribution in [0.3, 0.4) is 0 Å². The maximum atomic E-state index is 13.4. The molecule has 2 aromatic carbocycles.